The van der Waals surface area contributed by atoms with Crippen molar-refractivity contribution < 1.29 is 9.59 Å². The maximum Gasteiger partial charge on any atom is 0.148 e. The van der Waals surface area contributed by atoms with E-state index >= 15 is 0 Å². The largest absolute Gasteiger partial charge is 0.303 e. The number of carbonyl (C=O) groups is 2. The van der Waals surface area contributed by atoms with Crippen molar-refractivity contribution in [2.24, 2.45) is 17.3 Å². The minimum atomic E-state index is -0.527. The molecule has 0 spiro atoms. The Morgan fingerprint density at radius 2 is 1.92 bits per heavy atom. The van der Waals surface area contributed by atoms with Gasteiger partial charge < -0.3 is 4.79 Å². The molecule has 1 saturated carbocycles. The SMILES string of the molecule is CC1(C)C(=O)C(C=O)C[C@]2(C)c3c(cnn3-c3ccccc3)CC[C@@H]12. The van der Waals surface area contributed by atoms with E-state index in [-0.39, 0.29) is 17.1 Å². The number of carbonyl (C=O) groups excluding carboxylic acids is 2. The molecule has 1 fully saturated rings. The summed E-state index contributed by atoms with van der Waals surface area (Å²) in [5.74, 6) is -0.212. The Kier molecular flexibility index (Phi) is 3.50. The van der Waals surface area contributed by atoms with E-state index in [2.05, 4.69) is 24.2 Å². The van der Waals surface area contributed by atoms with Gasteiger partial charge in [-0.3, -0.25) is 4.79 Å². The number of benzene rings is 1. The minimum Gasteiger partial charge on any atom is -0.303 e. The molecule has 4 nitrogen and oxygen atoms in total. The van der Waals surface area contributed by atoms with Crippen molar-refractivity contribution in [1.29, 1.82) is 0 Å². The van der Waals surface area contributed by atoms with Gasteiger partial charge >= 0.3 is 0 Å². The third kappa shape index (κ3) is 2.16. The van der Waals surface area contributed by atoms with E-state index in [1.54, 1.807) is 0 Å². The highest BCUT2D eigenvalue weighted by Gasteiger charge is 2.58. The molecule has 1 heterocycles. The lowest BCUT2D eigenvalue weighted by atomic mass is 9.49. The summed E-state index contributed by atoms with van der Waals surface area (Å²) in [6.45, 7) is 6.26. The molecule has 2 aliphatic rings. The van der Waals surface area contributed by atoms with Crippen LogP contribution in [0.5, 0.6) is 0 Å². The number of hydrogen-bond donors (Lipinski definition) is 0. The number of aldehydes is 1. The van der Waals surface area contributed by atoms with Crippen molar-refractivity contribution in [1.82, 2.24) is 9.78 Å². The van der Waals surface area contributed by atoms with Gasteiger partial charge in [-0.05, 0) is 42.9 Å². The first-order valence-corrected chi connectivity index (χ1v) is 9.02. The molecule has 3 atom stereocenters. The Hall–Kier alpha value is -2.23. The van der Waals surface area contributed by atoms with Gasteiger partial charge in [-0.25, -0.2) is 4.68 Å². The van der Waals surface area contributed by atoms with Crippen molar-refractivity contribution in [3.8, 4) is 5.69 Å². The van der Waals surface area contributed by atoms with Gasteiger partial charge in [0.15, 0.2) is 0 Å². The molecule has 0 radical (unpaired) electrons. The fraction of sp³-hybridized carbons (Fsp3) is 0.476. The lowest BCUT2D eigenvalue weighted by molar-refractivity contribution is -0.145. The molecule has 1 aromatic heterocycles. The second kappa shape index (κ2) is 5.38. The molecule has 4 heteroatoms. The number of rotatable bonds is 2. The summed E-state index contributed by atoms with van der Waals surface area (Å²) in [6, 6.07) is 10.1. The molecular weight excluding hydrogens is 312 g/mol. The summed E-state index contributed by atoms with van der Waals surface area (Å²) in [7, 11) is 0. The van der Waals surface area contributed by atoms with Crippen LogP contribution in [0.3, 0.4) is 0 Å². The van der Waals surface area contributed by atoms with Gasteiger partial charge in [0.1, 0.15) is 12.1 Å². The summed E-state index contributed by atoms with van der Waals surface area (Å²) in [4.78, 5) is 24.5. The average Bonchev–Trinajstić information content (AvgIpc) is 3.04. The van der Waals surface area contributed by atoms with Gasteiger partial charge in [0.2, 0.25) is 0 Å². The lowest BCUT2D eigenvalue weighted by Crippen LogP contribution is -2.56. The van der Waals surface area contributed by atoms with Crippen LogP contribution in [-0.2, 0) is 21.4 Å². The van der Waals surface area contributed by atoms with E-state index in [0.717, 1.165) is 24.8 Å². The highest BCUT2D eigenvalue weighted by Crippen LogP contribution is 2.57. The molecule has 0 saturated heterocycles. The van der Waals surface area contributed by atoms with Crippen LogP contribution in [0.4, 0.5) is 0 Å². The Labute approximate surface area is 148 Å². The first kappa shape index (κ1) is 16.2. The fourth-order valence-corrected chi connectivity index (χ4v) is 5.43. The van der Waals surface area contributed by atoms with Crippen LogP contribution in [0.25, 0.3) is 5.69 Å². The molecule has 1 unspecified atom stereocenters. The third-order valence-corrected chi connectivity index (χ3v) is 6.51. The number of hydrogen-bond acceptors (Lipinski definition) is 3. The normalized spacial score (nSPS) is 30.4. The Balaban J connectivity index is 1.91. The van der Waals surface area contributed by atoms with E-state index in [1.165, 1.54) is 11.3 Å². The highest BCUT2D eigenvalue weighted by atomic mass is 16.1. The molecule has 130 valence electrons. The zero-order valence-electron chi connectivity index (χ0n) is 15.0. The maximum absolute atomic E-state index is 12.8. The molecule has 4 rings (SSSR count). The molecule has 0 N–H and O–H groups in total. The third-order valence-electron chi connectivity index (χ3n) is 6.51. The molecule has 2 aliphatic carbocycles. The van der Waals surface area contributed by atoms with Gasteiger partial charge in [0.25, 0.3) is 0 Å². The molecular formula is C21H24N2O2. The molecule has 0 amide bonds. The maximum atomic E-state index is 12.8. The van der Waals surface area contributed by atoms with Crippen LogP contribution in [0, 0.1) is 17.3 Å². The van der Waals surface area contributed by atoms with Crippen molar-refractivity contribution in [2.45, 2.75) is 45.4 Å². The zero-order valence-corrected chi connectivity index (χ0v) is 15.0. The lowest BCUT2D eigenvalue weighted by Gasteiger charge is -2.54. The van der Waals surface area contributed by atoms with Crippen LogP contribution in [0.15, 0.2) is 36.5 Å². The van der Waals surface area contributed by atoms with Crippen LogP contribution >= 0.6 is 0 Å². The monoisotopic (exact) mass is 336 g/mol. The van der Waals surface area contributed by atoms with Crippen molar-refractivity contribution >= 4 is 12.1 Å². The number of ketones is 1. The number of fused-ring (bicyclic) bond motifs is 3. The van der Waals surface area contributed by atoms with Crippen LogP contribution in [0.2, 0.25) is 0 Å². The number of Topliss-reactive ketones (excluding diaryl/α,β-unsaturated/α-hetero) is 1. The Bertz CT molecular complexity index is 837. The van der Waals surface area contributed by atoms with Gasteiger partial charge in [-0.1, -0.05) is 39.0 Å². The van der Waals surface area contributed by atoms with Gasteiger partial charge in [0, 0.05) is 10.8 Å². The Morgan fingerprint density at radius 1 is 1.20 bits per heavy atom. The minimum absolute atomic E-state index is 0.0965. The molecule has 25 heavy (non-hydrogen) atoms. The van der Waals surface area contributed by atoms with Crippen molar-refractivity contribution in [3.63, 3.8) is 0 Å². The van der Waals surface area contributed by atoms with Gasteiger partial charge in [-0.15, -0.1) is 0 Å². The summed E-state index contributed by atoms with van der Waals surface area (Å²) < 4.78 is 2.02. The Morgan fingerprint density at radius 3 is 2.60 bits per heavy atom. The quantitative estimate of drug-likeness (QED) is 0.623. The molecule has 2 aromatic rings. The van der Waals surface area contributed by atoms with E-state index in [4.69, 9.17) is 0 Å². The fourth-order valence-electron chi connectivity index (χ4n) is 5.43. The second-order valence-corrected chi connectivity index (χ2v) is 8.31. The highest BCUT2D eigenvalue weighted by molar-refractivity contribution is 5.98. The second-order valence-electron chi connectivity index (χ2n) is 8.31. The van der Waals surface area contributed by atoms with E-state index in [9.17, 15) is 9.59 Å². The average molecular weight is 336 g/mol. The van der Waals surface area contributed by atoms with Crippen LogP contribution in [0.1, 0.15) is 44.9 Å². The molecule has 1 aromatic carbocycles. The molecule has 0 bridgehead atoms. The van der Waals surface area contributed by atoms with E-state index < -0.39 is 11.3 Å². The molecule has 0 aliphatic heterocycles. The van der Waals surface area contributed by atoms with Gasteiger partial charge in [0.05, 0.1) is 23.5 Å². The summed E-state index contributed by atoms with van der Waals surface area (Å²) in [5, 5.41) is 4.67. The van der Waals surface area contributed by atoms with E-state index in [1.807, 2.05) is 42.9 Å². The van der Waals surface area contributed by atoms with E-state index in [0.29, 0.717) is 6.42 Å². The first-order chi connectivity index (χ1) is 11.9. The van der Waals surface area contributed by atoms with Crippen LogP contribution < -0.4 is 0 Å². The predicted molar refractivity (Wildman–Crippen MR) is 95.7 cm³/mol. The summed E-state index contributed by atoms with van der Waals surface area (Å²) in [6.07, 6.45) is 5.29. The smallest absolute Gasteiger partial charge is 0.148 e. The number of aromatic nitrogens is 2. The number of nitrogens with zero attached hydrogens (tertiary/aromatic N) is 2. The summed E-state index contributed by atoms with van der Waals surface area (Å²) >= 11 is 0. The summed E-state index contributed by atoms with van der Waals surface area (Å²) in [5.41, 5.74) is 2.73. The van der Waals surface area contributed by atoms with Gasteiger partial charge in [-0.2, -0.15) is 5.10 Å². The number of para-hydroxylation sites is 1. The zero-order chi connectivity index (χ0) is 17.8. The number of aryl methyl sites for hydroxylation is 1. The van der Waals surface area contributed by atoms with Crippen molar-refractivity contribution in [2.75, 3.05) is 0 Å². The standard InChI is InChI=1S/C21H24N2O2/c1-20(2)17-10-9-14-12-22-23(16-7-5-4-6-8-16)18(14)21(17,3)11-15(13-24)19(20)25/h4-8,12-13,15,17H,9-11H2,1-3H3/t15?,17-,21-/m0/s1. The van der Waals surface area contributed by atoms with Crippen LogP contribution in [-0.4, -0.2) is 21.8 Å². The first-order valence-electron chi connectivity index (χ1n) is 9.02. The van der Waals surface area contributed by atoms with Crippen molar-refractivity contribution in [3.05, 3.63) is 47.8 Å². The topological polar surface area (TPSA) is 52.0 Å². The predicted octanol–water partition coefficient (Wildman–Crippen LogP) is 3.51.